The lowest BCUT2D eigenvalue weighted by Gasteiger charge is -2.41. The molecule has 0 saturated carbocycles. The van der Waals surface area contributed by atoms with Crippen LogP contribution in [-0.2, 0) is 4.79 Å². The summed E-state index contributed by atoms with van der Waals surface area (Å²) in [5, 5.41) is 4.85. The fourth-order valence-corrected chi connectivity index (χ4v) is 5.17. The maximum absolute atomic E-state index is 13.4. The number of nitrogens with one attached hydrogen (secondary N) is 2. The van der Waals surface area contributed by atoms with Crippen molar-refractivity contribution in [2.75, 3.05) is 4.90 Å². The predicted molar refractivity (Wildman–Crippen MR) is 134 cm³/mol. The number of ether oxygens (including phenoxy) is 1. The van der Waals surface area contributed by atoms with Crippen LogP contribution in [0.1, 0.15) is 68.8 Å². The number of piperidine rings is 1. The lowest BCUT2D eigenvalue weighted by molar-refractivity contribution is -0.149. The molecule has 7 nitrogen and oxygen atoms in total. The highest BCUT2D eigenvalue weighted by molar-refractivity contribution is 5.94. The minimum absolute atomic E-state index is 0.00716. The van der Waals surface area contributed by atoms with Gasteiger partial charge in [0.1, 0.15) is 23.4 Å². The standard InChI is InChI=1S/C27H30F6N4O3/c1-14(27(31,32)33)35-24(38)15-4-9-22(34-13-15)37-18-6-7-19(37)12-17(11-18)36-25(39)26(2,3)40-21-8-5-16(28)10-20(21)23(29)30/h4-5,8-10,13-14,17-19,23H,6-7,11-12H2,1-3H3,(H,35,38)(H,36,39)/t14-,17?,18-,19+/m0/s1. The number of halogens is 6. The van der Waals surface area contributed by atoms with E-state index >= 15 is 0 Å². The van der Waals surface area contributed by atoms with Gasteiger partial charge in [-0.1, -0.05) is 0 Å². The lowest BCUT2D eigenvalue weighted by Crippen LogP contribution is -2.55. The monoisotopic (exact) mass is 572 g/mol. The van der Waals surface area contributed by atoms with Crippen molar-refractivity contribution in [1.29, 1.82) is 0 Å². The molecule has 2 bridgehead atoms. The highest BCUT2D eigenvalue weighted by atomic mass is 19.4. The number of pyridine rings is 1. The predicted octanol–water partition coefficient (Wildman–Crippen LogP) is 5.31. The van der Waals surface area contributed by atoms with Crippen LogP contribution in [0.4, 0.5) is 32.2 Å². The van der Waals surface area contributed by atoms with Crippen LogP contribution in [0.2, 0.25) is 0 Å². The number of aromatic nitrogens is 1. The van der Waals surface area contributed by atoms with Gasteiger partial charge in [-0.05, 0) is 76.8 Å². The second-order valence-corrected chi connectivity index (χ2v) is 10.7. The number of amides is 2. The van der Waals surface area contributed by atoms with Crippen molar-refractivity contribution in [3.63, 3.8) is 0 Å². The van der Waals surface area contributed by atoms with Crippen molar-refractivity contribution in [3.05, 3.63) is 53.5 Å². The van der Waals surface area contributed by atoms with E-state index in [0.717, 1.165) is 31.9 Å². The first kappa shape index (κ1) is 29.5. The fourth-order valence-electron chi connectivity index (χ4n) is 5.17. The summed E-state index contributed by atoms with van der Waals surface area (Å²) in [5.74, 6) is -1.91. The minimum Gasteiger partial charge on any atom is -0.478 e. The van der Waals surface area contributed by atoms with E-state index in [1.807, 2.05) is 5.32 Å². The number of hydrogen-bond donors (Lipinski definition) is 2. The average molecular weight is 573 g/mol. The summed E-state index contributed by atoms with van der Waals surface area (Å²) in [5.41, 5.74) is -2.15. The van der Waals surface area contributed by atoms with Gasteiger partial charge in [0.25, 0.3) is 18.2 Å². The zero-order valence-corrected chi connectivity index (χ0v) is 22.1. The number of hydrogen-bond acceptors (Lipinski definition) is 5. The largest absolute Gasteiger partial charge is 0.478 e. The molecule has 4 rings (SSSR count). The van der Waals surface area contributed by atoms with Gasteiger partial charge >= 0.3 is 6.18 Å². The molecule has 2 aliphatic heterocycles. The highest BCUT2D eigenvalue weighted by Gasteiger charge is 2.43. The summed E-state index contributed by atoms with van der Waals surface area (Å²) in [6.45, 7) is 3.75. The molecule has 1 aromatic heterocycles. The topological polar surface area (TPSA) is 83.6 Å². The molecular weight excluding hydrogens is 542 g/mol. The molecule has 4 atom stereocenters. The van der Waals surface area contributed by atoms with Crippen LogP contribution < -0.4 is 20.3 Å². The van der Waals surface area contributed by atoms with Crippen molar-refractivity contribution < 1.29 is 40.7 Å². The Kier molecular flexibility index (Phi) is 8.23. The quantitative estimate of drug-likeness (QED) is 0.419. The Morgan fingerprint density at radius 1 is 1.07 bits per heavy atom. The van der Waals surface area contributed by atoms with Gasteiger partial charge < -0.3 is 20.3 Å². The smallest absolute Gasteiger partial charge is 0.408 e. The average Bonchev–Trinajstić information content (AvgIpc) is 3.14. The number of benzene rings is 1. The first-order valence-corrected chi connectivity index (χ1v) is 12.8. The van der Waals surface area contributed by atoms with E-state index in [-0.39, 0.29) is 29.4 Å². The van der Waals surface area contributed by atoms with E-state index in [2.05, 4.69) is 15.2 Å². The number of alkyl halides is 5. The van der Waals surface area contributed by atoms with E-state index < -0.39 is 47.4 Å². The van der Waals surface area contributed by atoms with Crippen molar-refractivity contribution in [3.8, 4) is 5.75 Å². The maximum atomic E-state index is 13.4. The third kappa shape index (κ3) is 6.44. The summed E-state index contributed by atoms with van der Waals surface area (Å²) in [7, 11) is 0. The van der Waals surface area contributed by atoms with Gasteiger partial charge in [-0.3, -0.25) is 9.59 Å². The molecule has 2 fully saturated rings. The van der Waals surface area contributed by atoms with Crippen molar-refractivity contribution in [2.45, 2.75) is 88.8 Å². The Balaban J connectivity index is 1.37. The molecular formula is C27H30F6N4O3. The molecule has 2 aliphatic rings. The van der Waals surface area contributed by atoms with Crippen LogP contribution in [-0.4, -0.2) is 52.7 Å². The summed E-state index contributed by atoms with van der Waals surface area (Å²) in [4.78, 5) is 31.7. The van der Waals surface area contributed by atoms with Crippen LogP contribution >= 0.6 is 0 Å². The number of fused-ring (bicyclic) bond motifs is 2. The molecule has 0 spiro atoms. The van der Waals surface area contributed by atoms with Gasteiger partial charge in [0, 0.05) is 24.3 Å². The molecule has 1 unspecified atom stereocenters. The Hall–Kier alpha value is -3.51. The zero-order valence-electron chi connectivity index (χ0n) is 22.1. The molecule has 13 heteroatoms. The normalized spacial score (nSPS) is 21.8. The summed E-state index contributed by atoms with van der Waals surface area (Å²) >= 11 is 0. The number of nitrogens with zero attached hydrogens (tertiary/aromatic N) is 2. The first-order chi connectivity index (χ1) is 18.7. The van der Waals surface area contributed by atoms with E-state index in [0.29, 0.717) is 24.7 Å². The minimum atomic E-state index is -4.56. The van der Waals surface area contributed by atoms with Gasteiger partial charge in [-0.25, -0.2) is 18.2 Å². The third-order valence-electron chi connectivity index (χ3n) is 7.30. The fraction of sp³-hybridized carbons (Fsp3) is 0.519. The van der Waals surface area contributed by atoms with Gasteiger partial charge in [-0.2, -0.15) is 13.2 Å². The van der Waals surface area contributed by atoms with Gasteiger partial charge in [0.05, 0.1) is 11.1 Å². The van der Waals surface area contributed by atoms with Gasteiger partial charge in [0.15, 0.2) is 5.60 Å². The number of rotatable bonds is 8. The number of anilines is 1. The molecule has 0 radical (unpaired) electrons. The van der Waals surface area contributed by atoms with E-state index in [4.69, 9.17) is 4.74 Å². The van der Waals surface area contributed by atoms with Crippen LogP contribution in [0.3, 0.4) is 0 Å². The van der Waals surface area contributed by atoms with Crippen molar-refractivity contribution in [2.24, 2.45) is 0 Å². The Bertz CT molecular complexity index is 1220. The van der Waals surface area contributed by atoms with Gasteiger partial charge in [-0.15, -0.1) is 0 Å². The van der Waals surface area contributed by atoms with Crippen LogP contribution in [0.5, 0.6) is 5.75 Å². The van der Waals surface area contributed by atoms with Crippen molar-refractivity contribution in [1.82, 2.24) is 15.6 Å². The molecule has 2 saturated heterocycles. The third-order valence-corrected chi connectivity index (χ3v) is 7.30. The first-order valence-electron chi connectivity index (χ1n) is 12.8. The molecule has 218 valence electrons. The summed E-state index contributed by atoms with van der Waals surface area (Å²) in [6.07, 6.45) is -3.49. The van der Waals surface area contributed by atoms with Crippen LogP contribution in [0, 0.1) is 5.82 Å². The van der Waals surface area contributed by atoms with Gasteiger partial charge in [0.2, 0.25) is 0 Å². The summed E-state index contributed by atoms with van der Waals surface area (Å²) in [6, 6.07) is 3.58. The summed E-state index contributed by atoms with van der Waals surface area (Å²) < 4.78 is 84.0. The zero-order chi connectivity index (χ0) is 29.4. The molecule has 2 N–H and O–H groups in total. The second kappa shape index (κ2) is 11.2. The molecule has 2 amide bonds. The van der Waals surface area contributed by atoms with E-state index in [9.17, 15) is 35.9 Å². The molecule has 0 aliphatic carbocycles. The van der Waals surface area contributed by atoms with E-state index in [1.165, 1.54) is 26.1 Å². The molecule has 2 aromatic rings. The Labute approximate surface area is 227 Å². The number of carbonyl (C=O) groups excluding carboxylic acids is 2. The van der Waals surface area contributed by atoms with Crippen LogP contribution in [0.15, 0.2) is 36.5 Å². The molecule has 1 aromatic carbocycles. The van der Waals surface area contributed by atoms with Crippen molar-refractivity contribution >= 4 is 17.6 Å². The SMILES string of the molecule is C[C@H](NC(=O)c1ccc(N2[C@@H]3CC[C@H]2CC(NC(=O)C(C)(C)Oc2ccc(F)cc2C(F)F)C3)nc1)C(F)(F)F. The lowest BCUT2D eigenvalue weighted by atomic mass is 9.96. The highest BCUT2D eigenvalue weighted by Crippen LogP contribution is 2.39. The maximum Gasteiger partial charge on any atom is 0.408 e. The van der Waals surface area contributed by atoms with Crippen LogP contribution in [0.25, 0.3) is 0 Å². The molecule has 40 heavy (non-hydrogen) atoms. The second-order valence-electron chi connectivity index (χ2n) is 10.7. The Morgan fingerprint density at radius 2 is 1.73 bits per heavy atom. The van der Waals surface area contributed by atoms with E-state index in [1.54, 1.807) is 6.07 Å². The molecule has 3 heterocycles. The Morgan fingerprint density at radius 3 is 2.27 bits per heavy atom. The number of carbonyl (C=O) groups is 2.